The second-order valence-corrected chi connectivity index (χ2v) is 6.49. The Morgan fingerprint density at radius 2 is 1.87 bits per heavy atom. The number of aliphatic imine (C=N–C) groups is 1. The molecule has 4 rings (SSSR count). The van der Waals surface area contributed by atoms with Crippen molar-refractivity contribution in [2.45, 2.75) is 25.7 Å². The van der Waals surface area contributed by atoms with E-state index in [1.165, 1.54) is 0 Å². The summed E-state index contributed by atoms with van der Waals surface area (Å²) in [7, 11) is 0. The summed E-state index contributed by atoms with van der Waals surface area (Å²) in [5.74, 6) is -3.06. The first kappa shape index (κ1) is 14.4. The van der Waals surface area contributed by atoms with Crippen LogP contribution in [0.2, 0.25) is 0 Å². The van der Waals surface area contributed by atoms with Crippen molar-refractivity contribution in [1.29, 1.82) is 5.41 Å². The molecule has 23 heavy (non-hydrogen) atoms. The van der Waals surface area contributed by atoms with Gasteiger partial charge in [-0.15, -0.1) is 0 Å². The molecule has 0 radical (unpaired) electrons. The summed E-state index contributed by atoms with van der Waals surface area (Å²) >= 11 is 0. The Bertz CT molecular complexity index is 708. The minimum absolute atomic E-state index is 0.327. The number of hydrogen-bond acceptors (Lipinski definition) is 5. The van der Waals surface area contributed by atoms with Gasteiger partial charge in [0.1, 0.15) is 0 Å². The molecule has 1 N–H and O–H groups in total. The van der Waals surface area contributed by atoms with E-state index in [1.807, 2.05) is 11.8 Å². The number of nitrogens with one attached hydrogen (secondary N) is 1. The summed E-state index contributed by atoms with van der Waals surface area (Å²) in [6.07, 6.45) is 6.27. The van der Waals surface area contributed by atoms with Crippen LogP contribution in [0.3, 0.4) is 0 Å². The monoisotopic (exact) mass is 317 g/mol. The van der Waals surface area contributed by atoms with Crippen molar-refractivity contribution in [3.05, 3.63) is 23.5 Å². The number of fused-ring (bicyclic) bond motifs is 1. The fourth-order valence-electron chi connectivity index (χ4n) is 3.43. The normalized spacial score (nSPS) is 28.8. The van der Waals surface area contributed by atoms with Crippen LogP contribution in [0.5, 0.6) is 0 Å². The molecule has 3 aliphatic rings. The van der Waals surface area contributed by atoms with E-state index in [4.69, 9.17) is 5.41 Å². The molecular formula is C16H17F2N5. The van der Waals surface area contributed by atoms with Gasteiger partial charge in [0.05, 0.1) is 17.5 Å². The Kier molecular flexibility index (Phi) is 3.08. The van der Waals surface area contributed by atoms with Crippen molar-refractivity contribution in [3.63, 3.8) is 0 Å². The molecule has 1 aromatic rings. The summed E-state index contributed by atoms with van der Waals surface area (Å²) in [6, 6.07) is 0. The number of piperidine rings is 1. The first-order chi connectivity index (χ1) is 11.0. The average Bonchev–Trinajstić information content (AvgIpc) is 2.87. The van der Waals surface area contributed by atoms with Crippen molar-refractivity contribution in [2.75, 3.05) is 18.0 Å². The van der Waals surface area contributed by atoms with Gasteiger partial charge in [-0.05, 0) is 12.5 Å². The second-order valence-electron chi connectivity index (χ2n) is 6.49. The summed E-state index contributed by atoms with van der Waals surface area (Å²) in [6.45, 7) is 2.61. The smallest absolute Gasteiger partial charge is 0.258 e. The minimum atomic E-state index is -2.49. The Morgan fingerprint density at radius 1 is 1.22 bits per heavy atom. The molecule has 1 saturated carbocycles. The largest absolute Gasteiger partial charge is 0.340 e. The van der Waals surface area contributed by atoms with E-state index in [0.717, 1.165) is 16.8 Å². The van der Waals surface area contributed by atoms with Gasteiger partial charge >= 0.3 is 0 Å². The highest BCUT2D eigenvalue weighted by Gasteiger charge is 2.71. The van der Waals surface area contributed by atoms with Crippen LogP contribution in [0.4, 0.5) is 14.7 Å². The third kappa shape index (κ3) is 2.34. The molecule has 1 aliphatic carbocycles. The molecule has 2 unspecified atom stereocenters. The maximum atomic E-state index is 13.2. The second kappa shape index (κ2) is 4.91. The Labute approximate surface area is 132 Å². The SMILES string of the molecule is CC1=C(c2cnc(N3CC4C(C3)C4(F)F)nc2)N=CCC(=N)C1. The van der Waals surface area contributed by atoms with Crippen LogP contribution in [0.25, 0.3) is 5.70 Å². The molecule has 2 aliphatic heterocycles. The zero-order chi connectivity index (χ0) is 16.2. The van der Waals surface area contributed by atoms with E-state index in [9.17, 15) is 8.78 Å². The first-order valence-electron chi connectivity index (χ1n) is 7.70. The van der Waals surface area contributed by atoms with E-state index in [1.54, 1.807) is 18.6 Å². The van der Waals surface area contributed by atoms with E-state index in [-0.39, 0.29) is 0 Å². The lowest BCUT2D eigenvalue weighted by Crippen LogP contribution is -2.28. The van der Waals surface area contributed by atoms with Gasteiger partial charge in [0.25, 0.3) is 5.92 Å². The van der Waals surface area contributed by atoms with Crippen LogP contribution < -0.4 is 4.90 Å². The molecule has 120 valence electrons. The van der Waals surface area contributed by atoms with Gasteiger partial charge < -0.3 is 10.3 Å². The van der Waals surface area contributed by atoms with E-state index >= 15 is 0 Å². The van der Waals surface area contributed by atoms with Crippen molar-refractivity contribution in [2.24, 2.45) is 16.8 Å². The van der Waals surface area contributed by atoms with Crippen molar-refractivity contribution < 1.29 is 8.78 Å². The topological polar surface area (TPSA) is 65.2 Å². The lowest BCUT2D eigenvalue weighted by molar-refractivity contribution is 0.0796. The summed E-state index contributed by atoms with van der Waals surface area (Å²) in [5, 5.41) is 7.79. The lowest BCUT2D eigenvalue weighted by atomic mass is 10.1. The average molecular weight is 317 g/mol. The van der Waals surface area contributed by atoms with Gasteiger partial charge in [0.15, 0.2) is 0 Å². The maximum Gasteiger partial charge on any atom is 0.258 e. The fraction of sp³-hybridized carbons (Fsp3) is 0.500. The van der Waals surface area contributed by atoms with Crippen LogP contribution in [0.15, 0.2) is 23.0 Å². The molecule has 0 spiro atoms. The molecule has 0 bridgehead atoms. The Balaban J connectivity index is 1.53. The van der Waals surface area contributed by atoms with Gasteiger partial charge in [0, 0.05) is 55.8 Å². The van der Waals surface area contributed by atoms with Crippen LogP contribution in [-0.2, 0) is 0 Å². The van der Waals surface area contributed by atoms with E-state index in [2.05, 4.69) is 15.0 Å². The maximum absolute atomic E-state index is 13.2. The highest BCUT2D eigenvalue weighted by molar-refractivity contribution is 5.99. The third-order valence-corrected chi connectivity index (χ3v) is 4.83. The van der Waals surface area contributed by atoms with Crippen molar-refractivity contribution in [3.8, 4) is 0 Å². The molecule has 0 aromatic carbocycles. The van der Waals surface area contributed by atoms with Gasteiger partial charge in [-0.1, -0.05) is 0 Å². The highest BCUT2D eigenvalue weighted by Crippen LogP contribution is 2.59. The summed E-state index contributed by atoms with van der Waals surface area (Å²) < 4.78 is 26.5. The number of alkyl halides is 2. The standard InChI is InChI=1S/C16H17F2N5/c1-9-4-11(19)2-3-20-14(9)10-5-21-15(22-6-10)23-7-12-13(8-23)16(12,17)18/h3,5-6,12-13,19H,2,4,7-8H2,1H3. The molecule has 1 aromatic heterocycles. The number of allylic oxidation sites excluding steroid dienone is 1. The van der Waals surface area contributed by atoms with Gasteiger partial charge in [-0.3, -0.25) is 4.99 Å². The zero-order valence-electron chi connectivity index (χ0n) is 12.8. The quantitative estimate of drug-likeness (QED) is 0.912. The van der Waals surface area contributed by atoms with Crippen LogP contribution in [-0.4, -0.2) is 40.9 Å². The number of nitrogens with zero attached hydrogens (tertiary/aromatic N) is 4. The van der Waals surface area contributed by atoms with Gasteiger partial charge in [-0.25, -0.2) is 18.7 Å². The Hall–Kier alpha value is -2.18. The zero-order valence-corrected chi connectivity index (χ0v) is 12.8. The predicted molar refractivity (Wildman–Crippen MR) is 84.2 cm³/mol. The minimum Gasteiger partial charge on any atom is -0.340 e. The molecule has 2 atom stereocenters. The molecule has 5 nitrogen and oxygen atoms in total. The molecule has 0 amide bonds. The van der Waals surface area contributed by atoms with E-state index in [0.29, 0.717) is 37.6 Å². The Morgan fingerprint density at radius 3 is 2.52 bits per heavy atom. The summed E-state index contributed by atoms with van der Waals surface area (Å²) in [4.78, 5) is 14.9. The molecule has 7 heteroatoms. The predicted octanol–water partition coefficient (Wildman–Crippen LogP) is 2.79. The highest BCUT2D eigenvalue weighted by atomic mass is 19.3. The van der Waals surface area contributed by atoms with E-state index < -0.39 is 17.8 Å². The third-order valence-electron chi connectivity index (χ3n) is 4.83. The number of aromatic nitrogens is 2. The number of hydrogen-bond donors (Lipinski definition) is 1. The van der Waals surface area contributed by atoms with Gasteiger partial charge in [-0.2, -0.15) is 0 Å². The molecular weight excluding hydrogens is 300 g/mol. The summed E-state index contributed by atoms with van der Waals surface area (Å²) in [5.41, 5.74) is 3.25. The number of anilines is 1. The van der Waals surface area contributed by atoms with Crippen LogP contribution in [0.1, 0.15) is 25.3 Å². The fourth-order valence-corrected chi connectivity index (χ4v) is 3.43. The van der Waals surface area contributed by atoms with Crippen LogP contribution >= 0.6 is 0 Å². The first-order valence-corrected chi connectivity index (χ1v) is 7.70. The molecule has 2 fully saturated rings. The van der Waals surface area contributed by atoms with Crippen LogP contribution in [0, 0.1) is 17.2 Å². The molecule has 3 heterocycles. The number of rotatable bonds is 2. The number of halogens is 2. The van der Waals surface area contributed by atoms with Crippen molar-refractivity contribution in [1.82, 2.24) is 9.97 Å². The molecule has 1 saturated heterocycles. The van der Waals surface area contributed by atoms with Crippen molar-refractivity contribution >= 4 is 23.6 Å². The van der Waals surface area contributed by atoms with Gasteiger partial charge in [0.2, 0.25) is 5.95 Å². The lowest BCUT2D eigenvalue weighted by Gasteiger charge is -2.19.